The minimum absolute atomic E-state index is 0.475. The summed E-state index contributed by atoms with van der Waals surface area (Å²) in [6.45, 7) is 0. The van der Waals surface area contributed by atoms with E-state index in [0.29, 0.717) is 5.82 Å². The maximum Gasteiger partial charge on any atom is 0.160 e. The zero-order valence-electron chi connectivity index (χ0n) is 32.6. The van der Waals surface area contributed by atoms with E-state index >= 15 is 0 Å². The van der Waals surface area contributed by atoms with Crippen LogP contribution in [0.2, 0.25) is 0 Å². The summed E-state index contributed by atoms with van der Waals surface area (Å²) in [5.74, 6) is 0.678. The molecular formula is C57H36N2O. The third-order valence-electron chi connectivity index (χ3n) is 12.4. The fraction of sp³-hybridized carbons (Fsp3) is 0.0175. The smallest absolute Gasteiger partial charge is 0.160 e. The Kier molecular flexibility index (Phi) is 7.76. The quantitative estimate of drug-likeness (QED) is 0.169. The second-order valence-corrected chi connectivity index (χ2v) is 15.6. The molecule has 60 heavy (non-hydrogen) atoms. The molecule has 0 aliphatic heterocycles. The molecule has 0 saturated heterocycles. The fourth-order valence-electron chi connectivity index (χ4n) is 9.72. The Hall–Kier alpha value is -7.88. The van der Waals surface area contributed by atoms with Crippen LogP contribution in [0.25, 0.3) is 88.9 Å². The number of fused-ring (bicyclic) bond motifs is 7. The van der Waals surface area contributed by atoms with E-state index in [-0.39, 0.29) is 0 Å². The Labute approximate surface area is 347 Å². The molecule has 1 aliphatic carbocycles. The van der Waals surface area contributed by atoms with Gasteiger partial charge in [0.2, 0.25) is 0 Å². The van der Waals surface area contributed by atoms with Crippen molar-refractivity contribution in [1.82, 2.24) is 9.97 Å². The highest BCUT2D eigenvalue weighted by Gasteiger charge is 2.46. The van der Waals surface area contributed by atoms with E-state index in [1.807, 2.05) is 30.3 Å². The zero-order chi connectivity index (χ0) is 39.6. The monoisotopic (exact) mass is 764 g/mol. The zero-order valence-corrected chi connectivity index (χ0v) is 32.6. The van der Waals surface area contributed by atoms with E-state index < -0.39 is 5.41 Å². The molecule has 1 aliphatic rings. The summed E-state index contributed by atoms with van der Waals surface area (Å²) in [5.41, 5.74) is 15.9. The first-order valence-electron chi connectivity index (χ1n) is 20.5. The SMILES string of the molecule is c1ccc(-c2nc(-c3ccc4c(c3)oc3ccccc34)cc(-c3ccc(-c4ccc5c(c4)C(c4ccccc4)(c4ccccc4)c4ccccc4-5)c4ccccc34)n2)cc1. The Morgan fingerprint density at radius 3 is 1.63 bits per heavy atom. The van der Waals surface area contributed by atoms with Gasteiger partial charge in [-0.3, -0.25) is 0 Å². The normalized spacial score (nSPS) is 12.8. The van der Waals surface area contributed by atoms with Gasteiger partial charge in [0.1, 0.15) is 11.2 Å². The van der Waals surface area contributed by atoms with Gasteiger partial charge in [-0.2, -0.15) is 0 Å². The standard InChI is InChI=1S/C57H36N2O/c1-4-16-37(17-5-1)56-58-52(39-29-31-49-48-25-13-15-27-54(48)60-55(49)35-39)36-53(59-56)47-33-32-42(43-22-10-11-23-44(43)47)38-28-30-46-45-24-12-14-26-50(45)57(51(46)34-38,40-18-6-2-7-19-40)41-20-8-3-9-21-41/h1-36H. The molecule has 0 amide bonds. The van der Waals surface area contributed by atoms with Gasteiger partial charge in [0.05, 0.1) is 16.8 Å². The minimum Gasteiger partial charge on any atom is -0.456 e. The van der Waals surface area contributed by atoms with Gasteiger partial charge in [-0.15, -0.1) is 0 Å². The first-order chi connectivity index (χ1) is 29.7. The number of para-hydroxylation sites is 1. The van der Waals surface area contributed by atoms with E-state index in [0.717, 1.165) is 55.4 Å². The molecular weight excluding hydrogens is 729 g/mol. The van der Waals surface area contributed by atoms with Crippen LogP contribution in [-0.2, 0) is 5.41 Å². The summed E-state index contributed by atoms with van der Waals surface area (Å²) in [4.78, 5) is 10.4. The van der Waals surface area contributed by atoms with Crippen molar-refractivity contribution < 1.29 is 4.42 Å². The highest BCUT2D eigenvalue weighted by Crippen LogP contribution is 2.57. The molecule has 280 valence electrons. The summed E-state index contributed by atoms with van der Waals surface area (Å²) in [5, 5.41) is 4.50. The minimum atomic E-state index is -0.475. The van der Waals surface area contributed by atoms with Crippen LogP contribution in [0.4, 0.5) is 0 Å². The molecule has 11 aromatic rings. The maximum absolute atomic E-state index is 6.32. The first-order valence-corrected chi connectivity index (χ1v) is 20.5. The average molecular weight is 765 g/mol. The average Bonchev–Trinajstić information content (AvgIpc) is 3.85. The Morgan fingerprint density at radius 2 is 0.867 bits per heavy atom. The number of nitrogens with zero attached hydrogens (tertiary/aromatic N) is 2. The van der Waals surface area contributed by atoms with Crippen LogP contribution in [0.5, 0.6) is 0 Å². The lowest BCUT2D eigenvalue weighted by Crippen LogP contribution is -2.28. The molecule has 0 N–H and O–H groups in total. The molecule has 0 saturated carbocycles. The number of furan rings is 1. The largest absolute Gasteiger partial charge is 0.456 e. The summed E-state index contributed by atoms with van der Waals surface area (Å²) in [6.07, 6.45) is 0. The highest BCUT2D eigenvalue weighted by molar-refractivity contribution is 6.07. The third kappa shape index (κ3) is 5.23. The van der Waals surface area contributed by atoms with Crippen molar-refractivity contribution in [2.45, 2.75) is 5.41 Å². The van der Waals surface area contributed by atoms with Crippen molar-refractivity contribution in [3.63, 3.8) is 0 Å². The van der Waals surface area contributed by atoms with Gasteiger partial charge in [-0.25, -0.2) is 9.97 Å². The van der Waals surface area contributed by atoms with Crippen LogP contribution in [-0.4, -0.2) is 9.97 Å². The summed E-state index contributed by atoms with van der Waals surface area (Å²) < 4.78 is 6.32. The van der Waals surface area contributed by atoms with E-state index in [1.165, 1.54) is 49.9 Å². The number of hydrogen-bond donors (Lipinski definition) is 0. The fourth-order valence-corrected chi connectivity index (χ4v) is 9.72. The highest BCUT2D eigenvalue weighted by atomic mass is 16.3. The molecule has 2 heterocycles. The maximum atomic E-state index is 6.32. The van der Waals surface area contributed by atoms with Gasteiger partial charge in [0.25, 0.3) is 0 Å². The van der Waals surface area contributed by atoms with Gasteiger partial charge < -0.3 is 4.42 Å². The summed E-state index contributed by atoms with van der Waals surface area (Å²) in [7, 11) is 0. The van der Waals surface area contributed by atoms with Gasteiger partial charge >= 0.3 is 0 Å². The summed E-state index contributed by atoms with van der Waals surface area (Å²) in [6, 6.07) is 78.2. The molecule has 0 spiro atoms. The van der Waals surface area contributed by atoms with Gasteiger partial charge in [0, 0.05) is 27.5 Å². The van der Waals surface area contributed by atoms with Crippen molar-refractivity contribution in [3.8, 4) is 56.2 Å². The molecule has 0 fully saturated rings. The van der Waals surface area contributed by atoms with Gasteiger partial charge in [-0.05, 0) is 85.6 Å². The lowest BCUT2D eigenvalue weighted by atomic mass is 9.67. The second-order valence-electron chi connectivity index (χ2n) is 15.6. The Bertz CT molecular complexity index is 3380. The molecule has 0 atom stereocenters. The molecule has 9 aromatic carbocycles. The van der Waals surface area contributed by atoms with Crippen molar-refractivity contribution in [3.05, 3.63) is 241 Å². The Balaban J connectivity index is 1.04. The van der Waals surface area contributed by atoms with Crippen LogP contribution in [0.15, 0.2) is 223 Å². The van der Waals surface area contributed by atoms with Crippen molar-refractivity contribution in [2.75, 3.05) is 0 Å². The Morgan fingerprint density at radius 1 is 0.317 bits per heavy atom. The van der Waals surface area contributed by atoms with Crippen LogP contribution in [0.1, 0.15) is 22.3 Å². The number of aromatic nitrogens is 2. The number of hydrogen-bond acceptors (Lipinski definition) is 3. The topological polar surface area (TPSA) is 38.9 Å². The van der Waals surface area contributed by atoms with Crippen LogP contribution >= 0.6 is 0 Å². The third-order valence-corrected chi connectivity index (χ3v) is 12.4. The van der Waals surface area contributed by atoms with Crippen molar-refractivity contribution in [2.24, 2.45) is 0 Å². The van der Waals surface area contributed by atoms with Crippen LogP contribution < -0.4 is 0 Å². The van der Waals surface area contributed by atoms with Gasteiger partial charge in [-0.1, -0.05) is 188 Å². The summed E-state index contributed by atoms with van der Waals surface area (Å²) >= 11 is 0. The molecule has 2 aromatic heterocycles. The molecule has 0 unspecified atom stereocenters. The molecule has 0 bridgehead atoms. The van der Waals surface area contributed by atoms with Crippen LogP contribution in [0.3, 0.4) is 0 Å². The predicted molar refractivity (Wildman–Crippen MR) is 246 cm³/mol. The number of benzene rings is 9. The first kappa shape index (κ1) is 34.2. The number of rotatable bonds is 6. The van der Waals surface area contributed by atoms with E-state index in [9.17, 15) is 0 Å². The molecule has 0 radical (unpaired) electrons. The predicted octanol–water partition coefficient (Wildman–Crippen LogP) is 14.6. The molecule has 3 nitrogen and oxygen atoms in total. The van der Waals surface area contributed by atoms with E-state index in [4.69, 9.17) is 14.4 Å². The molecule has 12 rings (SSSR count). The lowest BCUT2D eigenvalue weighted by Gasteiger charge is -2.34. The van der Waals surface area contributed by atoms with Crippen molar-refractivity contribution in [1.29, 1.82) is 0 Å². The van der Waals surface area contributed by atoms with E-state index in [2.05, 4.69) is 188 Å². The molecule has 3 heteroatoms. The lowest BCUT2D eigenvalue weighted by molar-refractivity contribution is 0.669. The van der Waals surface area contributed by atoms with Gasteiger partial charge in [0.15, 0.2) is 5.82 Å². The second kappa shape index (κ2) is 13.6. The van der Waals surface area contributed by atoms with E-state index in [1.54, 1.807) is 0 Å². The van der Waals surface area contributed by atoms with Crippen molar-refractivity contribution >= 4 is 32.7 Å². The van der Waals surface area contributed by atoms with Crippen LogP contribution in [0, 0.1) is 0 Å².